The summed E-state index contributed by atoms with van der Waals surface area (Å²) in [5.41, 5.74) is 5.39. The van der Waals surface area contributed by atoms with Gasteiger partial charge in [-0.3, -0.25) is 14.4 Å². The van der Waals surface area contributed by atoms with Crippen molar-refractivity contribution in [3.05, 3.63) is 46.8 Å². The first-order valence-corrected chi connectivity index (χ1v) is 8.09. The van der Waals surface area contributed by atoms with Gasteiger partial charge in [0, 0.05) is 20.1 Å². The predicted molar refractivity (Wildman–Crippen MR) is 91.3 cm³/mol. The number of aryl methyl sites for hydroxylation is 2. The van der Waals surface area contributed by atoms with Crippen molar-refractivity contribution in [2.24, 2.45) is 7.05 Å². The zero-order chi connectivity index (χ0) is 16.6. The second kappa shape index (κ2) is 6.16. The first-order chi connectivity index (χ1) is 11.0. The molecular formula is C18H24N4O. The summed E-state index contributed by atoms with van der Waals surface area (Å²) in [6, 6.07) is 8.32. The maximum Gasteiger partial charge on any atom is 0.241 e. The fourth-order valence-corrected chi connectivity index (χ4v) is 3.20. The van der Waals surface area contributed by atoms with E-state index in [-0.39, 0.29) is 11.9 Å². The molecule has 0 saturated heterocycles. The Morgan fingerprint density at radius 1 is 1.26 bits per heavy atom. The molecule has 0 radical (unpaired) electrons. The van der Waals surface area contributed by atoms with Crippen LogP contribution in [0.4, 0.5) is 5.69 Å². The zero-order valence-corrected chi connectivity index (χ0v) is 14.3. The minimum atomic E-state index is -0.164. The molecule has 0 spiro atoms. The van der Waals surface area contributed by atoms with Crippen LogP contribution in [-0.2, 0) is 24.8 Å². The van der Waals surface area contributed by atoms with Crippen molar-refractivity contribution in [1.29, 1.82) is 0 Å². The molecule has 5 heteroatoms. The molecule has 1 N–H and O–H groups in total. The van der Waals surface area contributed by atoms with Crippen molar-refractivity contribution >= 4 is 11.6 Å². The molecule has 0 unspecified atom stereocenters. The van der Waals surface area contributed by atoms with Crippen LogP contribution in [-0.4, -0.2) is 33.2 Å². The lowest BCUT2D eigenvalue weighted by Crippen LogP contribution is -2.44. The number of hydrogen-bond acceptors (Lipinski definition) is 3. The van der Waals surface area contributed by atoms with Gasteiger partial charge >= 0.3 is 0 Å². The average Bonchev–Trinajstić information content (AvgIpc) is 2.80. The summed E-state index contributed by atoms with van der Waals surface area (Å²) in [7, 11) is 1.89. The molecule has 2 aromatic rings. The maximum atomic E-state index is 12.6. The van der Waals surface area contributed by atoms with Gasteiger partial charge in [-0.25, -0.2) is 0 Å². The van der Waals surface area contributed by atoms with Crippen LogP contribution >= 0.6 is 0 Å². The van der Waals surface area contributed by atoms with Crippen LogP contribution in [0.2, 0.25) is 0 Å². The van der Waals surface area contributed by atoms with Crippen molar-refractivity contribution in [3.63, 3.8) is 0 Å². The molecule has 2 heterocycles. The Morgan fingerprint density at radius 3 is 2.61 bits per heavy atom. The summed E-state index contributed by atoms with van der Waals surface area (Å²) >= 11 is 0. The second-order valence-electron chi connectivity index (χ2n) is 6.32. The van der Waals surface area contributed by atoms with Gasteiger partial charge in [-0.15, -0.1) is 0 Å². The Morgan fingerprint density at radius 2 is 1.96 bits per heavy atom. The molecule has 1 aromatic carbocycles. The second-order valence-corrected chi connectivity index (χ2v) is 6.32. The van der Waals surface area contributed by atoms with Crippen LogP contribution in [0.1, 0.15) is 29.4 Å². The molecule has 1 aliphatic heterocycles. The molecular weight excluding hydrogens is 288 g/mol. The van der Waals surface area contributed by atoms with Gasteiger partial charge in [-0.2, -0.15) is 5.10 Å². The normalized spacial score (nSPS) is 16.0. The number of hydrogen-bond donors (Lipinski definition) is 1. The third-order valence-corrected chi connectivity index (χ3v) is 4.84. The summed E-state index contributed by atoms with van der Waals surface area (Å²) in [5.74, 6) is 0.0311. The summed E-state index contributed by atoms with van der Waals surface area (Å²) in [6.07, 6.45) is 0.999. The molecule has 23 heavy (non-hydrogen) atoms. The van der Waals surface area contributed by atoms with E-state index in [2.05, 4.69) is 39.6 Å². The van der Waals surface area contributed by atoms with Crippen molar-refractivity contribution in [2.75, 3.05) is 11.9 Å². The summed E-state index contributed by atoms with van der Waals surface area (Å²) < 4.78 is 1.80. The predicted octanol–water partition coefficient (Wildman–Crippen LogP) is 2.42. The standard InChI is InChI=1S/C18H24N4O/c1-12-17(13(2)21(4)20-12)19-18(23)14(3)22-10-9-15-7-5-6-8-16(15)11-22/h5-8,14H,9-11H2,1-4H3,(H,19,23)/t14-/m0/s1. The van der Waals surface area contributed by atoms with Gasteiger partial charge in [0.25, 0.3) is 0 Å². The Hall–Kier alpha value is -2.14. The van der Waals surface area contributed by atoms with E-state index in [0.717, 1.165) is 36.6 Å². The Bertz CT molecular complexity index is 735. The average molecular weight is 312 g/mol. The fourth-order valence-electron chi connectivity index (χ4n) is 3.20. The number of rotatable bonds is 3. The van der Waals surface area contributed by atoms with Crippen molar-refractivity contribution < 1.29 is 4.79 Å². The number of carbonyl (C=O) groups excluding carboxylic acids is 1. The van der Waals surface area contributed by atoms with E-state index in [4.69, 9.17) is 0 Å². The highest BCUT2D eigenvalue weighted by atomic mass is 16.2. The van der Waals surface area contributed by atoms with E-state index < -0.39 is 0 Å². The van der Waals surface area contributed by atoms with Crippen LogP contribution in [0.25, 0.3) is 0 Å². The lowest BCUT2D eigenvalue weighted by atomic mass is 9.99. The van der Waals surface area contributed by atoms with E-state index in [1.807, 2.05) is 27.8 Å². The maximum absolute atomic E-state index is 12.6. The van der Waals surface area contributed by atoms with E-state index in [0.29, 0.717) is 0 Å². The fraction of sp³-hybridized carbons (Fsp3) is 0.444. The molecule has 0 bridgehead atoms. The molecule has 5 nitrogen and oxygen atoms in total. The van der Waals surface area contributed by atoms with Crippen LogP contribution in [0.5, 0.6) is 0 Å². The van der Waals surface area contributed by atoms with E-state index in [1.54, 1.807) is 4.68 Å². The van der Waals surface area contributed by atoms with Gasteiger partial charge in [0.1, 0.15) is 0 Å². The molecule has 1 aliphatic rings. The van der Waals surface area contributed by atoms with Crippen LogP contribution in [0.3, 0.4) is 0 Å². The SMILES string of the molecule is Cc1nn(C)c(C)c1NC(=O)[C@H](C)N1CCc2ccccc2C1. The number of anilines is 1. The molecule has 0 fully saturated rings. The number of nitrogens with one attached hydrogen (secondary N) is 1. The van der Waals surface area contributed by atoms with E-state index in [1.165, 1.54) is 11.1 Å². The van der Waals surface area contributed by atoms with Crippen LogP contribution < -0.4 is 5.32 Å². The third-order valence-electron chi connectivity index (χ3n) is 4.84. The Kier molecular flexibility index (Phi) is 4.22. The zero-order valence-electron chi connectivity index (χ0n) is 14.3. The Labute approximate surface area is 137 Å². The van der Waals surface area contributed by atoms with Crippen molar-refractivity contribution in [1.82, 2.24) is 14.7 Å². The van der Waals surface area contributed by atoms with Gasteiger partial charge in [0.05, 0.1) is 23.1 Å². The van der Waals surface area contributed by atoms with Gasteiger partial charge < -0.3 is 5.32 Å². The number of benzene rings is 1. The highest BCUT2D eigenvalue weighted by Gasteiger charge is 2.26. The van der Waals surface area contributed by atoms with E-state index >= 15 is 0 Å². The summed E-state index contributed by atoms with van der Waals surface area (Å²) in [4.78, 5) is 14.9. The molecule has 1 amide bonds. The van der Waals surface area contributed by atoms with Crippen molar-refractivity contribution in [2.45, 2.75) is 39.8 Å². The molecule has 0 aliphatic carbocycles. The van der Waals surface area contributed by atoms with Gasteiger partial charge in [0.2, 0.25) is 5.91 Å². The first-order valence-electron chi connectivity index (χ1n) is 8.09. The third kappa shape index (κ3) is 3.01. The smallest absolute Gasteiger partial charge is 0.241 e. The number of amides is 1. The number of fused-ring (bicyclic) bond motifs is 1. The molecule has 1 atom stereocenters. The molecule has 3 rings (SSSR count). The molecule has 122 valence electrons. The lowest BCUT2D eigenvalue weighted by molar-refractivity contribution is -0.121. The quantitative estimate of drug-likeness (QED) is 0.947. The van der Waals surface area contributed by atoms with E-state index in [9.17, 15) is 4.79 Å². The number of aromatic nitrogens is 2. The topological polar surface area (TPSA) is 50.2 Å². The van der Waals surface area contributed by atoms with Gasteiger partial charge in [-0.1, -0.05) is 24.3 Å². The highest BCUT2D eigenvalue weighted by Crippen LogP contribution is 2.22. The molecule has 1 aromatic heterocycles. The number of nitrogens with zero attached hydrogens (tertiary/aromatic N) is 3. The van der Waals surface area contributed by atoms with Gasteiger partial charge in [0.15, 0.2) is 0 Å². The summed E-state index contributed by atoms with van der Waals surface area (Å²) in [6.45, 7) is 7.61. The van der Waals surface area contributed by atoms with Gasteiger partial charge in [-0.05, 0) is 38.3 Å². The monoisotopic (exact) mass is 312 g/mol. The largest absolute Gasteiger partial charge is 0.322 e. The minimum Gasteiger partial charge on any atom is -0.322 e. The lowest BCUT2D eigenvalue weighted by Gasteiger charge is -2.32. The van der Waals surface area contributed by atoms with Crippen molar-refractivity contribution in [3.8, 4) is 0 Å². The Balaban J connectivity index is 1.71. The number of carbonyl (C=O) groups is 1. The summed E-state index contributed by atoms with van der Waals surface area (Å²) in [5, 5.41) is 7.41. The van der Waals surface area contributed by atoms with Crippen LogP contribution in [0, 0.1) is 13.8 Å². The first kappa shape index (κ1) is 15.7. The van der Waals surface area contributed by atoms with Crippen LogP contribution in [0.15, 0.2) is 24.3 Å². The highest BCUT2D eigenvalue weighted by molar-refractivity contribution is 5.95. The molecule has 0 saturated carbocycles. The minimum absolute atomic E-state index is 0.0311.